The van der Waals surface area contributed by atoms with Crippen LogP contribution in [0, 0.1) is 28.1 Å². The summed E-state index contributed by atoms with van der Waals surface area (Å²) >= 11 is 0. The lowest BCUT2D eigenvalue weighted by Crippen LogP contribution is -2.53. The summed E-state index contributed by atoms with van der Waals surface area (Å²) in [6, 6.07) is 0. The summed E-state index contributed by atoms with van der Waals surface area (Å²) in [5.74, 6) is -0.00787. The van der Waals surface area contributed by atoms with Gasteiger partial charge in [-0.3, -0.25) is 9.59 Å². The van der Waals surface area contributed by atoms with Gasteiger partial charge in [0.05, 0.1) is 5.41 Å². The molecule has 2 fully saturated rings. The highest BCUT2D eigenvalue weighted by Gasteiger charge is 2.58. The fraction of sp³-hybridized carbons (Fsp3) is 0.700. The lowest BCUT2D eigenvalue weighted by Gasteiger charge is -2.57. The summed E-state index contributed by atoms with van der Waals surface area (Å²) in [7, 11) is 0. The van der Waals surface area contributed by atoms with E-state index >= 15 is 0 Å². The minimum Gasteiger partial charge on any atom is -0.481 e. The van der Waals surface area contributed by atoms with Gasteiger partial charge in [0.15, 0.2) is 5.78 Å². The molecule has 5 atom stereocenters. The number of rotatable bonds is 2. The first-order valence-electron chi connectivity index (χ1n) is 8.81. The Morgan fingerprint density at radius 1 is 1.30 bits per heavy atom. The molecule has 0 aromatic rings. The van der Waals surface area contributed by atoms with Crippen molar-refractivity contribution in [2.24, 2.45) is 28.1 Å². The number of aliphatic carboxylic acids is 1. The van der Waals surface area contributed by atoms with E-state index in [1.54, 1.807) is 6.08 Å². The van der Waals surface area contributed by atoms with Crippen molar-refractivity contribution in [3.05, 3.63) is 24.3 Å². The fourth-order valence-electron chi connectivity index (χ4n) is 5.70. The van der Waals surface area contributed by atoms with E-state index in [9.17, 15) is 14.7 Å². The third kappa shape index (κ3) is 2.15. The molecule has 2 saturated carbocycles. The van der Waals surface area contributed by atoms with Gasteiger partial charge in [-0.05, 0) is 69.3 Å². The van der Waals surface area contributed by atoms with Gasteiger partial charge in [0.25, 0.3) is 0 Å². The molecule has 3 rings (SSSR count). The average Bonchev–Trinajstić information content (AvgIpc) is 2.49. The quantitative estimate of drug-likeness (QED) is 0.769. The number of carbonyl (C=O) groups is 2. The van der Waals surface area contributed by atoms with Gasteiger partial charge in [-0.2, -0.15) is 0 Å². The molecule has 0 aromatic heterocycles. The number of hydrogen-bond donors (Lipinski definition) is 1. The van der Waals surface area contributed by atoms with Crippen molar-refractivity contribution in [1.29, 1.82) is 0 Å². The molecule has 3 aliphatic carbocycles. The Morgan fingerprint density at radius 3 is 2.61 bits per heavy atom. The number of ketones is 1. The first-order valence-corrected chi connectivity index (χ1v) is 8.81. The zero-order valence-corrected chi connectivity index (χ0v) is 14.5. The Hall–Kier alpha value is -1.38. The molecule has 0 heterocycles. The van der Waals surface area contributed by atoms with Gasteiger partial charge in [0, 0.05) is 5.41 Å². The molecule has 0 radical (unpaired) electrons. The van der Waals surface area contributed by atoms with Crippen LogP contribution in [0.25, 0.3) is 0 Å². The van der Waals surface area contributed by atoms with Crippen LogP contribution in [0.4, 0.5) is 0 Å². The molecule has 0 bridgehead atoms. The topological polar surface area (TPSA) is 54.4 Å². The van der Waals surface area contributed by atoms with Crippen molar-refractivity contribution in [3.8, 4) is 0 Å². The van der Waals surface area contributed by atoms with Crippen LogP contribution in [0.15, 0.2) is 24.3 Å². The van der Waals surface area contributed by atoms with Crippen LogP contribution < -0.4 is 0 Å². The van der Waals surface area contributed by atoms with E-state index in [1.807, 2.05) is 19.9 Å². The fourth-order valence-corrected chi connectivity index (χ4v) is 5.70. The summed E-state index contributed by atoms with van der Waals surface area (Å²) in [5.41, 5.74) is -0.0411. The van der Waals surface area contributed by atoms with Crippen LogP contribution in [0.2, 0.25) is 0 Å². The normalized spacial score (nSPS) is 46.4. The zero-order valence-electron chi connectivity index (χ0n) is 14.5. The highest BCUT2D eigenvalue weighted by atomic mass is 16.4. The summed E-state index contributed by atoms with van der Waals surface area (Å²) in [4.78, 5) is 24.6. The molecule has 0 aliphatic heterocycles. The van der Waals surface area contributed by atoms with Crippen LogP contribution in [-0.2, 0) is 9.59 Å². The van der Waals surface area contributed by atoms with E-state index in [0.717, 1.165) is 38.5 Å². The summed E-state index contributed by atoms with van der Waals surface area (Å²) in [6.45, 7) is 9.96. The molecular formula is C20H28O3. The van der Waals surface area contributed by atoms with Crippen molar-refractivity contribution in [2.75, 3.05) is 0 Å². The van der Waals surface area contributed by atoms with E-state index in [2.05, 4.69) is 13.5 Å². The maximum atomic E-state index is 12.6. The molecule has 0 unspecified atom stereocenters. The second kappa shape index (κ2) is 5.06. The number of hydrogen-bond acceptors (Lipinski definition) is 2. The third-order valence-corrected chi connectivity index (χ3v) is 7.29. The lowest BCUT2D eigenvalue weighted by molar-refractivity contribution is -0.160. The second-order valence-electron chi connectivity index (χ2n) is 8.61. The van der Waals surface area contributed by atoms with Gasteiger partial charge in [-0.25, -0.2) is 0 Å². The van der Waals surface area contributed by atoms with Crippen LogP contribution in [-0.4, -0.2) is 16.9 Å². The summed E-state index contributed by atoms with van der Waals surface area (Å²) < 4.78 is 0. The van der Waals surface area contributed by atoms with Crippen LogP contribution in [0.1, 0.15) is 59.3 Å². The number of carbonyl (C=O) groups excluding carboxylic acids is 1. The lowest BCUT2D eigenvalue weighted by atomic mass is 9.46. The van der Waals surface area contributed by atoms with Crippen molar-refractivity contribution in [2.45, 2.75) is 59.3 Å². The molecule has 126 valence electrons. The average molecular weight is 316 g/mol. The number of allylic oxidation sites excluding steroid dienone is 3. The molecule has 23 heavy (non-hydrogen) atoms. The third-order valence-electron chi connectivity index (χ3n) is 7.29. The molecule has 3 aliphatic rings. The van der Waals surface area contributed by atoms with E-state index in [0.29, 0.717) is 5.92 Å². The Labute approximate surface area is 138 Å². The van der Waals surface area contributed by atoms with Crippen LogP contribution in [0.3, 0.4) is 0 Å². The first kappa shape index (κ1) is 16.5. The van der Waals surface area contributed by atoms with E-state index < -0.39 is 16.8 Å². The first-order chi connectivity index (χ1) is 10.7. The number of carboxylic acids is 1. The van der Waals surface area contributed by atoms with Gasteiger partial charge in [0.2, 0.25) is 0 Å². The molecule has 0 amide bonds. The molecule has 0 saturated heterocycles. The highest BCUT2D eigenvalue weighted by Crippen LogP contribution is 2.63. The van der Waals surface area contributed by atoms with Crippen molar-refractivity contribution >= 4 is 11.8 Å². The zero-order chi connectivity index (χ0) is 17.0. The van der Waals surface area contributed by atoms with Crippen molar-refractivity contribution < 1.29 is 14.7 Å². The summed E-state index contributed by atoms with van der Waals surface area (Å²) in [5, 5.41) is 9.82. The smallest absolute Gasteiger partial charge is 0.309 e. The molecule has 0 spiro atoms. The minimum absolute atomic E-state index is 0.129. The molecule has 3 nitrogen and oxygen atoms in total. The SMILES string of the molecule is C=C[C@@]1(C)C[C@@H]2CC[C@H]3[C@](C)(C(=O)O)CCC[C@]3(C)C2=CC1=O. The van der Waals surface area contributed by atoms with Gasteiger partial charge < -0.3 is 5.11 Å². The second-order valence-corrected chi connectivity index (χ2v) is 8.61. The molecule has 0 aromatic carbocycles. The highest BCUT2D eigenvalue weighted by molar-refractivity contribution is 5.97. The van der Waals surface area contributed by atoms with Gasteiger partial charge in [-0.1, -0.05) is 25.0 Å². The van der Waals surface area contributed by atoms with E-state index in [1.165, 1.54) is 5.57 Å². The van der Waals surface area contributed by atoms with Crippen LogP contribution >= 0.6 is 0 Å². The monoisotopic (exact) mass is 316 g/mol. The van der Waals surface area contributed by atoms with Gasteiger partial charge in [-0.15, -0.1) is 6.58 Å². The number of carboxylic acid groups (broad SMARTS) is 1. The Balaban J connectivity index is 2.06. The van der Waals surface area contributed by atoms with Crippen molar-refractivity contribution in [3.63, 3.8) is 0 Å². The molecular weight excluding hydrogens is 288 g/mol. The standard InChI is InChI=1S/C20H28O3/c1-5-18(2)12-13-7-8-15-19(3,14(13)11-16(18)21)9-6-10-20(15,4)17(22)23/h5,11,13,15H,1,6-10,12H2,2-4H3,(H,22,23)/t13-,15+,18-,19+,20+/m0/s1. The largest absolute Gasteiger partial charge is 0.481 e. The molecule has 1 N–H and O–H groups in total. The maximum absolute atomic E-state index is 12.6. The Morgan fingerprint density at radius 2 is 2.00 bits per heavy atom. The Bertz CT molecular complexity index is 604. The van der Waals surface area contributed by atoms with Crippen LogP contribution in [0.5, 0.6) is 0 Å². The Kier molecular flexibility index (Phi) is 3.62. The maximum Gasteiger partial charge on any atom is 0.309 e. The predicted octanol–water partition coefficient (Wildman–Crippen LogP) is 4.39. The van der Waals surface area contributed by atoms with E-state index in [-0.39, 0.29) is 17.1 Å². The number of fused-ring (bicyclic) bond motifs is 3. The van der Waals surface area contributed by atoms with E-state index in [4.69, 9.17) is 0 Å². The van der Waals surface area contributed by atoms with Gasteiger partial charge >= 0.3 is 5.97 Å². The minimum atomic E-state index is -0.675. The molecule has 3 heteroatoms. The summed E-state index contributed by atoms with van der Waals surface area (Å²) in [6.07, 6.45) is 9.09. The predicted molar refractivity (Wildman–Crippen MR) is 89.9 cm³/mol. The van der Waals surface area contributed by atoms with Gasteiger partial charge in [0.1, 0.15) is 0 Å². The van der Waals surface area contributed by atoms with Crippen molar-refractivity contribution in [1.82, 2.24) is 0 Å².